The van der Waals surface area contributed by atoms with Crippen molar-refractivity contribution >= 4 is 0 Å². The predicted molar refractivity (Wildman–Crippen MR) is 50.6 cm³/mol. The van der Waals surface area contributed by atoms with Crippen molar-refractivity contribution < 1.29 is 4.74 Å². The molecule has 0 amide bonds. The van der Waals surface area contributed by atoms with E-state index in [-0.39, 0.29) is 0 Å². The van der Waals surface area contributed by atoms with Gasteiger partial charge in [0.05, 0.1) is 13.2 Å². The van der Waals surface area contributed by atoms with Gasteiger partial charge in [0.2, 0.25) is 0 Å². The van der Waals surface area contributed by atoms with E-state index in [1.165, 1.54) is 25.9 Å². The first-order valence-electron chi connectivity index (χ1n) is 5.41. The number of ether oxygens (including phenoxy) is 1. The van der Waals surface area contributed by atoms with Gasteiger partial charge in [0.25, 0.3) is 0 Å². The molecule has 0 aromatic rings. The number of hydrogen-bond donors (Lipinski definition) is 2. The van der Waals surface area contributed by atoms with Gasteiger partial charge >= 0.3 is 0 Å². The molecule has 2 saturated heterocycles. The van der Waals surface area contributed by atoms with E-state index in [2.05, 4.69) is 10.6 Å². The summed E-state index contributed by atoms with van der Waals surface area (Å²) in [5.41, 5.74) is 0.558. The van der Waals surface area contributed by atoms with Crippen molar-refractivity contribution in [1.29, 1.82) is 0 Å². The topological polar surface area (TPSA) is 33.3 Å². The second-order valence-electron chi connectivity index (χ2n) is 4.85. The van der Waals surface area contributed by atoms with E-state index in [0.717, 1.165) is 31.7 Å². The summed E-state index contributed by atoms with van der Waals surface area (Å²) < 4.78 is 5.47. The molecule has 3 aliphatic rings. The van der Waals surface area contributed by atoms with E-state index in [1.54, 1.807) is 0 Å². The monoisotopic (exact) mass is 182 g/mol. The molecule has 74 valence electrons. The Morgan fingerprint density at radius 3 is 3.15 bits per heavy atom. The minimum absolute atomic E-state index is 0.558. The molecule has 13 heavy (non-hydrogen) atoms. The smallest absolute Gasteiger partial charge is 0.0538 e. The van der Waals surface area contributed by atoms with E-state index in [0.29, 0.717) is 5.41 Å². The Bertz CT molecular complexity index is 203. The summed E-state index contributed by atoms with van der Waals surface area (Å²) >= 11 is 0. The molecule has 0 aromatic carbocycles. The first-order valence-corrected chi connectivity index (χ1v) is 5.41. The molecule has 1 aliphatic carbocycles. The molecule has 2 heterocycles. The molecule has 3 atom stereocenters. The van der Waals surface area contributed by atoms with E-state index in [1.807, 2.05) is 0 Å². The molecule has 0 aromatic heterocycles. The third-order valence-corrected chi connectivity index (χ3v) is 3.87. The average Bonchev–Trinajstić information content (AvgIpc) is 2.61. The summed E-state index contributed by atoms with van der Waals surface area (Å²) in [4.78, 5) is 0. The third-order valence-electron chi connectivity index (χ3n) is 3.87. The van der Waals surface area contributed by atoms with Crippen LogP contribution in [0, 0.1) is 11.3 Å². The van der Waals surface area contributed by atoms with Gasteiger partial charge in [-0.15, -0.1) is 0 Å². The molecule has 3 fully saturated rings. The first-order chi connectivity index (χ1) is 6.39. The fourth-order valence-electron chi connectivity index (χ4n) is 2.69. The van der Waals surface area contributed by atoms with Crippen LogP contribution in [-0.4, -0.2) is 38.9 Å². The first kappa shape index (κ1) is 8.21. The summed E-state index contributed by atoms with van der Waals surface area (Å²) in [6.45, 7) is 5.55. The zero-order valence-electron chi connectivity index (χ0n) is 8.01. The summed E-state index contributed by atoms with van der Waals surface area (Å²) in [5, 5.41) is 7.04. The highest BCUT2D eigenvalue weighted by molar-refractivity contribution is 5.07. The molecule has 2 aliphatic heterocycles. The summed E-state index contributed by atoms with van der Waals surface area (Å²) in [6.07, 6.45) is 2.70. The molecule has 3 nitrogen and oxygen atoms in total. The Morgan fingerprint density at radius 2 is 2.54 bits per heavy atom. The Labute approximate surface area is 79.2 Å². The molecule has 1 saturated carbocycles. The van der Waals surface area contributed by atoms with Crippen LogP contribution in [0.1, 0.15) is 12.8 Å². The van der Waals surface area contributed by atoms with Crippen LogP contribution in [0.2, 0.25) is 0 Å². The molecule has 3 rings (SSSR count). The van der Waals surface area contributed by atoms with Crippen LogP contribution in [0.4, 0.5) is 0 Å². The molecule has 0 radical (unpaired) electrons. The van der Waals surface area contributed by atoms with Gasteiger partial charge in [0.1, 0.15) is 0 Å². The highest BCUT2D eigenvalue weighted by Gasteiger charge is 2.57. The van der Waals surface area contributed by atoms with Crippen molar-refractivity contribution in [3.8, 4) is 0 Å². The molecule has 3 heteroatoms. The fraction of sp³-hybridized carbons (Fsp3) is 1.00. The second kappa shape index (κ2) is 2.94. The zero-order chi connectivity index (χ0) is 8.73. The van der Waals surface area contributed by atoms with Gasteiger partial charge in [-0.25, -0.2) is 0 Å². The van der Waals surface area contributed by atoms with Crippen LogP contribution in [-0.2, 0) is 4.74 Å². The van der Waals surface area contributed by atoms with Crippen molar-refractivity contribution in [3.05, 3.63) is 0 Å². The van der Waals surface area contributed by atoms with E-state index in [9.17, 15) is 0 Å². The molecule has 2 N–H and O–H groups in total. The van der Waals surface area contributed by atoms with Crippen LogP contribution >= 0.6 is 0 Å². The number of fused-ring (bicyclic) bond motifs is 1. The number of nitrogens with one attached hydrogen (secondary N) is 2. The molecular formula is C10H18N2O. The maximum absolute atomic E-state index is 5.47. The maximum atomic E-state index is 5.47. The molecule has 0 spiro atoms. The summed E-state index contributed by atoms with van der Waals surface area (Å²) in [7, 11) is 0. The Kier molecular flexibility index (Phi) is 1.86. The van der Waals surface area contributed by atoms with Gasteiger partial charge < -0.3 is 15.4 Å². The Morgan fingerprint density at radius 1 is 1.54 bits per heavy atom. The van der Waals surface area contributed by atoms with Gasteiger partial charge in [0.15, 0.2) is 0 Å². The van der Waals surface area contributed by atoms with Crippen LogP contribution in [0.5, 0.6) is 0 Å². The van der Waals surface area contributed by atoms with Crippen LogP contribution in [0.3, 0.4) is 0 Å². The fourth-order valence-corrected chi connectivity index (χ4v) is 2.69. The highest BCUT2D eigenvalue weighted by Crippen LogP contribution is 2.56. The van der Waals surface area contributed by atoms with Gasteiger partial charge in [-0.2, -0.15) is 0 Å². The third kappa shape index (κ3) is 1.39. The van der Waals surface area contributed by atoms with E-state index < -0.39 is 0 Å². The maximum Gasteiger partial charge on any atom is 0.0538 e. The van der Waals surface area contributed by atoms with Crippen molar-refractivity contribution in [2.24, 2.45) is 11.3 Å². The molecular weight excluding hydrogens is 164 g/mol. The average molecular weight is 182 g/mol. The number of hydrogen-bond acceptors (Lipinski definition) is 3. The van der Waals surface area contributed by atoms with Gasteiger partial charge in [0, 0.05) is 24.5 Å². The second-order valence-corrected chi connectivity index (χ2v) is 4.85. The lowest BCUT2D eigenvalue weighted by atomic mass is 10.1. The van der Waals surface area contributed by atoms with Crippen LogP contribution in [0.15, 0.2) is 0 Å². The lowest BCUT2D eigenvalue weighted by Crippen LogP contribution is -2.36. The number of rotatable bonds is 3. The van der Waals surface area contributed by atoms with Crippen molar-refractivity contribution in [1.82, 2.24) is 10.6 Å². The summed E-state index contributed by atoms with van der Waals surface area (Å²) in [6, 6.07) is 0.719. The Balaban J connectivity index is 1.48. The van der Waals surface area contributed by atoms with Gasteiger partial charge in [-0.3, -0.25) is 0 Å². The zero-order valence-corrected chi connectivity index (χ0v) is 8.01. The van der Waals surface area contributed by atoms with Crippen LogP contribution in [0.25, 0.3) is 0 Å². The minimum Gasteiger partial charge on any atom is -0.380 e. The molecule has 2 unspecified atom stereocenters. The lowest BCUT2D eigenvalue weighted by molar-refractivity contribution is 0.145. The summed E-state index contributed by atoms with van der Waals surface area (Å²) in [5.74, 6) is 0.884. The quantitative estimate of drug-likeness (QED) is 0.643. The Hall–Kier alpha value is -0.120. The van der Waals surface area contributed by atoms with Crippen molar-refractivity contribution in [2.45, 2.75) is 18.9 Å². The highest BCUT2D eigenvalue weighted by atomic mass is 16.5. The SMILES string of the molecule is C1C[C@H](NCC23COCC2C3)CN1. The van der Waals surface area contributed by atoms with E-state index >= 15 is 0 Å². The lowest BCUT2D eigenvalue weighted by Gasteiger charge is -2.16. The molecule has 0 bridgehead atoms. The van der Waals surface area contributed by atoms with Gasteiger partial charge in [-0.1, -0.05) is 0 Å². The van der Waals surface area contributed by atoms with Crippen molar-refractivity contribution in [3.63, 3.8) is 0 Å². The van der Waals surface area contributed by atoms with Crippen LogP contribution < -0.4 is 10.6 Å². The normalized spacial score (nSPS) is 48.0. The van der Waals surface area contributed by atoms with Crippen molar-refractivity contribution in [2.75, 3.05) is 32.8 Å². The largest absolute Gasteiger partial charge is 0.380 e. The standard InChI is InChI=1S/C10H18N2O/c1-2-11-4-9(1)12-6-10-3-8(10)5-13-7-10/h8-9,11-12H,1-7H2/t8?,9-,10?/m0/s1. The minimum atomic E-state index is 0.558. The predicted octanol–water partition coefficient (Wildman–Crippen LogP) is -0.0256. The van der Waals surface area contributed by atoms with E-state index in [4.69, 9.17) is 4.74 Å². The van der Waals surface area contributed by atoms with Gasteiger partial charge in [-0.05, 0) is 25.3 Å².